The lowest BCUT2D eigenvalue weighted by Gasteiger charge is -2.14. The molecule has 2 aromatic rings. The molecule has 2 N–H and O–H groups in total. The van der Waals surface area contributed by atoms with Gasteiger partial charge in [0, 0.05) is 10.5 Å². The van der Waals surface area contributed by atoms with Gasteiger partial charge in [-0.2, -0.15) is 0 Å². The number of hydrogen-bond donors (Lipinski definition) is 1. The molecule has 0 heterocycles. The minimum absolute atomic E-state index is 0.432. The van der Waals surface area contributed by atoms with Crippen LogP contribution in [0.1, 0.15) is 13.3 Å². The van der Waals surface area contributed by atoms with Crippen LogP contribution in [0, 0.1) is 0 Å². The van der Waals surface area contributed by atoms with Crippen molar-refractivity contribution in [2.45, 2.75) is 13.3 Å². The first-order valence-electron chi connectivity index (χ1n) is 6.36. The zero-order valence-corrected chi connectivity index (χ0v) is 14.4. The summed E-state index contributed by atoms with van der Waals surface area (Å²) in [5, 5.41) is 0.942. The molecule has 0 atom stereocenters. The molecule has 0 aliphatic rings. The van der Waals surface area contributed by atoms with Crippen molar-refractivity contribution in [2.75, 3.05) is 12.3 Å². The van der Waals surface area contributed by atoms with Gasteiger partial charge in [-0.3, -0.25) is 0 Å². The third-order valence-electron chi connectivity index (χ3n) is 2.68. The Kier molecular flexibility index (Phi) is 5.62. The van der Waals surface area contributed by atoms with Gasteiger partial charge in [0.05, 0.1) is 16.7 Å². The third kappa shape index (κ3) is 3.96. The molecule has 112 valence electrons. The zero-order valence-electron chi connectivity index (χ0n) is 11.3. The van der Waals surface area contributed by atoms with Gasteiger partial charge in [-0.25, -0.2) is 0 Å². The minimum atomic E-state index is 0.432. The van der Waals surface area contributed by atoms with E-state index < -0.39 is 0 Å². The summed E-state index contributed by atoms with van der Waals surface area (Å²) >= 11 is 15.5. The lowest BCUT2D eigenvalue weighted by atomic mass is 10.2. The van der Waals surface area contributed by atoms with Gasteiger partial charge >= 0.3 is 0 Å². The molecule has 2 aromatic carbocycles. The molecule has 0 saturated carbocycles. The summed E-state index contributed by atoms with van der Waals surface area (Å²) in [7, 11) is 0. The lowest BCUT2D eigenvalue weighted by molar-refractivity contribution is 0.318. The summed E-state index contributed by atoms with van der Waals surface area (Å²) < 4.78 is 12.0. The molecular weight excluding hydrogens is 377 g/mol. The Hall–Kier alpha value is -1.10. The smallest absolute Gasteiger partial charge is 0.154 e. The summed E-state index contributed by atoms with van der Waals surface area (Å²) in [4.78, 5) is 0. The molecular formula is C15H14BrCl2NO2. The molecule has 0 spiro atoms. The molecule has 3 nitrogen and oxygen atoms in total. The van der Waals surface area contributed by atoms with Gasteiger partial charge < -0.3 is 15.2 Å². The van der Waals surface area contributed by atoms with Crippen molar-refractivity contribution in [1.82, 2.24) is 0 Å². The first kappa shape index (κ1) is 16.3. The van der Waals surface area contributed by atoms with E-state index in [0.29, 0.717) is 44.1 Å². The fourth-order valence-corrected chi connectivity index (χ4v) is 2.48. The standard InChI is InChI=1S/C15H14BrCl2NO2/c1-2-6-20-12-4-3-5-13(15(12)19)21-14-8-10(17)9(16)7-11(14)18/h3-5,7-8H,2,6,19H2,1H3. The summed E-state index contributed by atoms with van der Waals surface area (Å²) in [6.07, 6.45) is 0.901. The number of nitrogens with two attached hydrogens (primary N) is 1. The topological polar surface area (TPSA) is 44.5 Å². The second-order valence-electron chi connectivity index (χ2n) is 4.32. The Morgan fingerprint density at radius 1 is 1.10 bits per heavy atom. The molecule has 6 heteroatoms. The van der Waals surface area contributed by atoms with E-state index in [0.717, 1.165) is 6.42 Å². The highest BCUT2D eigenvalue weighted by Gasteiger charge is 2.12. The van der Waals surface area contributed by atoms with Crippen LogP contribution < -0.4 is 15.2 Å². The molecule has 0 bridgehead atoms. The van der Waals surface area contributed by atoms with E-state index in [-0.39, 0.29) is 0 Å². The average molecular weight is 391 g/mol. The highest BCUT2D eigenvalue weighted by molar-refractivity contribution is 9.10. The molecule has 0 aromatic heterocycles. The summed E-state index contributed by atoms with van der Waals surface area (Å²) in [6.45, 7) is 2.62. The van der Waals surface area contributed by atoms with E-state index in [1.807, 2.05) is 13.0 Å². The first-order chi connectivity index (χ1) is 10.0. The quantitative estimate of drug-likeness (QED) is 0.509. The van der Waals surface area contributed by atoms with Crippen LogP contribution in [0.25, 0.3) is 0 Å². The van der Waals surface area contributed by atoms with Gasteiger partial charge in [-0.15, -0.1) is 0 Å². The largest absolute Gasteiger partial charge is 0.491 e. The lowest BCUT2D eigenvalue weighted by Crippen LogP contribution is -2.00. The molecule has 0 aliphatic heterocycles. The van der Waals surface area contributed by atoms with Crippen LogP contribution in [0.2, 0.25) is 10.0 Å². The van der Waals surface area contributed by atoms with Crippen molar-refractivity contribution < 1.29 is 9.47 Å². The van der Waals surface area contributed by atoms with Crippen molar-refractivity contribution in [3.05, 3.63) is 44.8 Å². The zero-order chi connectivity index (χ0) is 15.4. The predicted molar refractivity (Wildman–Crippen MR) is 90.9 cm³/mol. The molecule has 0 radical (unpaired) electrons. The van der Waals surface area contributed by atoms with E-state index in [2.05, 4.69) is 15.9 Å². The average Bonchev–Trinajstić information content (AvgIpc) is 2.45. The number of para-hydroxylation sites is 1. The number of anilines is 1. The number of hydrogen-bond acceptors (Lipinski definition) is 3. The van der Waals surface area contributed by atoms with Crippen LogP contribution in [-0.2, 0) is 0 Å². The monoisotopic (exact) mass is 389 g/mol. The first-order valence-corrected chi connectivity index (χ1v) is 7.91. The normalized spacial score (nSPS) is 10.5. The molecule has 21 heavy (non-hydrogen) atoms. The van der Waals surface area contributed by atoms with Crippen LogP contribution in [0.5, 0.6) is 17.2 Å². The highest BCUT2D eigenvalue weighted by atomic mass is 79.9. The maximum absolute atomic E-state index is 6.14. The van der Waals surface area contributed by atoms with E-state index in [1.54, 1.807) is 24.3 Å². The van der Waals surface area contributed by atoms with Crippen molar-refractivity contribution in [1.29, 1.82) is 0 Å². The van der Waals surface area contributed by atoms with E-state index >= 15 is 0 Å². The second kappa shape index (κ2) is 7.25. The van der Waals surface area contributed by atoms with Crippen LogP contribution in [0.4, 0.5) is 5.69 Å². The van der Waals surface area contributed by atoms with Crippen LogP contribution in [0.3, 0.4) is 0 Å². The van der Waals surface area contributed by atoms with Crippen molar-refractivity contribution in [2.24, 2.45) is 0 Å². The summed E-state index contributed by atoms with van der Waals surface area (Å²) in [5.74, 6) is 1.50. The molecule has 0 saturated heterocycles. The third-order valence-corrected chi connectivity index (χ3v) is 4.17. The molecule has 0 amide bonds. The van der Waals surface area contributed by atoms with Gasteiger partial charge in [-0.05, 0) is 40.5 Å². The number of benzene rings is 2. The number of ether oxygens (including phenoxy) is 2. The Labute approximate surface area is 142 Å². The van der Waals surface area contributed by atoms with Crippen molar-refractivity contribution in [3.63, 3.8) is 0 Å². The van der Waals surface area contributed by atoms with E-state index in [1.165, 1.54) is 0 Å². The molecule has 0 aliphatic carbocycles. The Morgan fingerprint density at radius 2 is 1.81 bits per heavy atom. The summed E-state index contributed by atoms with van der Waals surface area (Å²) in [5.41, 5.74) is 6.49. The Bertz CT molecular complexity index is 650. The van der Waals surface area contributed by atoms with Gasteiger partial charge in [0.25, 0.3) is 0 Å². The predicted octanol–water partition coefficient (Wildman–Crippen LogP) is 5.92. The maximum Gasteiger partial charge on any atom is 0.154 e. The minimum Gasteiger partial charge on any atom is -0.491 e. The van der Waals surface area contributed by atoms with Crippen molar-refractivity contribution >= 4 is 44.8 Å². The fourth-order valence-electron chi connectivity index (χ4n) is 1.65. The Balaban J connectivity index is 2.29. The van der Waals surface area contributed by atoms with Crippen LogP contribution >= 0.6 is 39.1 Å². The maximum atomic E-state index is 6.14. The van der Waals surface area contributed by atoms with E-state index in [9.17, 15) is 0 Å². The van der Waals surface area contributed by atoms with Crippen molar-refractivity contribution in [3.8, 4) is 17.2 Å². The molecule has 2 rings (SSSR count). The number of nitrogen functional groups attached to an aromatic ring is 1. The Morgan fingerprint density at radius 3 is 2.52 bits per heavy atom. The second-order valence-corrected chi connectivity index (χ2v) is 5.98. The molecule has 0 unspecified atom stereocenters. The number of halogens is 3. The number of rotatable bonds is 5. The SMILES string of the molecule is CCCOc1cccc(Oc2cc(Cl)c(Br)cc2Cl)c1N. The van der Waals surface area contributed by atoms with E-state index in [4.69, 9.17) is 38.4 Å². The van der Waals surface area contributed by atoms with Crippen LogP contribution in [0.15, 0.2) is 34.8 Å². The molecule has 0 fully saturated rings. The van der Waals surface area contributed by atoms with Gasteiger partial charge in [0.15, 0.2) is 5.75 Å². The van der Waals surface area contributed by atoms with Gasteiger partial charge in [-0.1, -0.05) is 36.2 Å². The fraction of sp³-hybridized carbons (Fsp3) is 0.200. The van der Waals surface area contributed by atoms with Gasteiger partial charge in [0.1, 0.15) is 17.2 Å². The van der Waals surface area contributed by atoms with Gasteiger partial charge in [0.2, 0.25) is 0 Å². The van der Waals surface area contributed by atoms with Crippen LogP contribution in [-0.4, -0.2) is 6.61 Å². The summed E-state index contributed by atoms with van der Waals surface area (Å²) in [6, 6.07) is 8.67. The highest BCUT2D eigenvalue weighted by Crippen LogP contribution is 2.40.